The van der Waals surface area contributed by atoms with Crippen LogP contribution in [0.3, 0.4) is 0 Å². The first-order valence-corrected chi connectivity index (χ1v) is 6.29. The molecule has 0 spiro atoms. The molecule has 1 aromatic rings. The van der Waals surface area contributed by atoms with E-state index in [9.17, 15) is 4.79 Å². The number of rotatable bonds is 5. The molecule has 2 N–H and O–H groups in total. The molecule has 1 atom stereocenters. The Hall–Kier alpha value is -1.35. The van der Waals surface area contributed by atoms with Crippen LogP contribution in [0.1, 0.15) is 12.5 Å². The van der Waals surface area contributed by atoms with Gasteiger partial charge in [-0.05, 0) is 31.0 Å². The van der Waals surface area contributed by atoms with Gasteiger partial charge in [0, 0.05) is 12.5 Å². The number of carbonyl (C=O) groups is 1. The Kier molecular flexibility index (Phi) is 4.15. The van der Waals surface area contributed by atoms with Crippen LogP contribution in [0.4, 0.5) is 0 Å². The van der Waals surface area contributed by atoms with Crippen molar-refractivity contribution in [3.05, 3.63) is 35.9 Å². The molecule has 17 heavy (non-hydrogen) atoms. The quantitative estimate of drug-likeness (QED) is 0.801. The smallest absolute Gasteiger partial charge is 0.223 e. The minimum atomic E-state index is 0.132. The third-order valence-electron chi connectivity index (χ3n) is 3.49. The summed E-state index contributed by atoms with van der Waals surface area (Å²) in [5, 5.41) is 6.21. The molecule has 1 amide bonds. The molecule has 1 unspecified atom stereocenters. The highest BCUT2D eigenvalue weighted by atomic mass is 16.1. The number of benzene rings is 1. The SMILES string of the molecule is CC(C(=O)NCCc1ccccc1)C1CNC1. The van der Waals surface area contributed by atoms with E-state index in [1.807, 2.05) is 25.1 Å². The van der Waals surface area contributed by atoms with Crippen LogP contribution in [0.5, 0.6) is 0 Å². The van der Waals surface area contributed by atoms with Gasteiger partial charge in [-0.25, -0.2) is 0 Å². The Morgan fingerprint density at radius 2 is 2.12 bits per heavy atom. The van der Waals surface area contributed by atoms with Crippen LogP contribution in [-0.2, 0) is 11.2 Å². The lowest BCUT2D eigenvalue weighted by Crippen LogP contribution is -2.49. The van der Waals surface area contributed by atoms with Crippen molar-refractivity contribution in [1.29, 1.82) is 0 Å². The van der Waals surface area contributed by atoms with Gasteiger partial charge in [-0.1, -0.05) is 37.3 Å². The van der Waals surface area contributed by atoms with Crippen LogP contribution < -0.4 is 10.6 Å². The summed E-state index contributed by atoms with van der Waals surface area (Å²) in [5.41, 5.74) is 1.27. The molecule has 0 saturated carbocycles. The van der Waals surface area contributed by atoms with E-state index in [0.717, 1.165) is 26.1 Å². The second-order valence-electron chi connectivity index (χ2n) is 4.73. The Morgan fingerprint density at radius 1 is 1.41 bits per heavy atom. The summed E-state index contributed by atoms with van der Waals surface area (Å²) in [7, 11) is 0. The predicted molar refractivity (Wildman–Crippen MR) is 68.7 cm³/mol. The van der Waals surface area contributed by atoms with E-state index in [0.29, 0.717) is 5.92 Å². The van der Waals surface area contributed by atoms with Crippen LogP contribution in [0.2, 0.25) is 0 Å². The first-order valence-electron chi connectivity index (χ1n) is 6.29. The van der Waals surface area contributed by atoms with Crippen molar-refractivity contribution in [2.75, 3.05) is 19.6 Å². The molecule has 1 aliphatic rings. The van der Waals surface area contributed by atoms with Crippen molar-refractivity contribution in [2.45, 2.75) is 13.3 Å². The lowest BCUT2D eigenvalue weighted by molar-refractivity contribution is -0.126. The van der Waals surface area contributed by atoms with E-state index in [4.69, 9.17) is 0 Å². The lowest BCUT2D eigenvalue weighted by atomic mass is 9.88. The summed E-state index contributed by atoms with van der Waals surface area (Å²) in [6.07, 6.45) is 0.905. The van der Waals surface area contributed by atoms with Crippen molar-refractivity contribution >= 4 is 5.91 Å². The van der Waals surface area contributed by atoms with E-state index in [-0.39, 0.29) is 11.8 Å². The normalized spacial score (nSPS) is 17.2. The topological polar surface area (TPSA) is 41.1 Å². The molecule has 0 bridgehead atoms. The lowest BCUT2D eigenvalue weighted by Gasteiger charge is -2.31. The highest BCUT2D eigenvalue weighted by molar-refractivity contribution is 5.78. The maximum atomic E-state index is 11.8. The zero-order valence-electron chi connectivity index (χ0n) is 10.3. The molecule has 92 valence electrons. The van der Waals surface area contributed by atoms with Crippen molar-refractivity contribution in [3.63, 3.8) is 0 Å². The van der Waals surface area contributed by atoms with Crippen molar-refractivity contribution in [2.24, 2.45) is 11.8 Å². The predicted octanol–water partition coefficient (Wildman–Crippen LogP) is 1.20. The molecule has 0 aromatic heterocycles. The Bertz CT molecular complexity index is 360. The average molecular weight is 232 g/mol. The summed E-state index contributed by atoms with van der Waals surface area (Å²) in [4.78, 5) is 11.8. The largest absolute Gasteiger partial charge is 0.356 e. The molecule has 3 heteroatoms. The number of hydrogen-bond donors (Lipinski definition) is 2. The molecule has 1 fully saturated rings. The van der Waals surface area contributed by atoms with Gasteiger partial charge < -0.3 is 10.6 Å². The molecule has 3 nitrogen and oxygen atoms in total. The van der Waals surface area contributed by atoms with Gasteiger partial charge >= 0.3 is 0 Å². The summed E-state index contributed by atoms with van der Waals surface area (Å²) in [6, 6.07) is 10.2. The molecule has 0 aliphatic carbocycles. The molecular weight excluding hydrogens is 212 g/mol. The van der Waals surface area contributed by atoms with E-state index >= 15 is 0 Å². The van der Waals surface area contributed by atoms with Crippen LogP contribution in [-0.4, -0.2) is 25.5 Å². The molecule has 1 saturated heterocycles. The Morgan fingerprint density at radius 3 is 2.71 bits per heavy atom. The fourth-order valence-corrected chi connectivity index (χ4v) is 2.01. The molecule has 0 radical (unpaired) electrons. The van der Waals surface area contributed by atoms with Crippen molar-refractivity contribution in [3.8, 4) is 0 Å². The van der Waals surface area contributed by atoms with Gasteiger partial charge in [0.15, 0.2) is 0 Å². The van der Waals surface area contributed by atoms with Crippen molar-refractivity contribution in [1.82, 2.24) is 10.6 Å². The number of carbonyl (C=O) groups excluding carboxylic acids is 1. The van der Waals surface area contributed by atoms with Gasteiger partial charge in [0.05, 0.1) is 0 Å². The third-order valence-corrected chi connectivity index (χ3v) is 3.49. The van der Waals surface area contributed by atoms with Gasteiger partial charge in [-0.3, -0.25) is 4.79 Å². The fraction of sp³-hybridized carbons (Fsp3) is 0.500. The van der Waals surface area contributed by atoms with E-state index in [1.165, 1.54) is 5.56 Å². The van der Waals surface area contributed by atoms with Crippen LogP contribution in [0.25, 0.3) is 0 Å². The second kappa shape index (κ2) is 5.82. The highest BCUT2D eigenvalue weighted by Crippen LogP contribution is 2.15. The highest BCUT2D eigenvalue weighted by Gasteiger charge is 2.28. The first kappa shape index (κ1) is 12.1. The minimum absolute atomic E-state index is 0.132. The first-order chi connectivity index (χ1) is 8.27. The van der Waals surface area contributed by atoms with Crippen LogP contribution in [0.15, 0.2) is 30.3 Å². The summed E-state index contributed by atoms with van der Waals surface area (Å²) in [6.45, 7) is 4.71. The van der Waals surface area contributed by atoms with Crippen molar-refractivity contribution < 1.29 is 4.79 Å². The zero-order valence-corrected chi connectivity index (χ0v) is 10.3. The summed E-state index contributed by atoms with van der Waals surface area (Å²) >= 11 is 0. The third kappa shape index (κ3) is 3.30. The maximum Gasteiger partial charge on any atom is 0.223 e. The minimum Gasteiger partial charge on any atom is -0.356 e. The van der Waals surface area contributed by atoms with Crippen LogP contribution in [0, 0.1) is 11.8 Å². The standard InChI is InChI=1S/C14H20N2O/c1-11(13-9-15-10-13)14(17)16-8-7-12-5-3-2-4-6-12/h2-6,11,13,15H,7-10H2,1H3,(H,16,17). The Balaban J connectivity index is 1.69. The fourth-order valence-electron chi connectivity index (χ4n) is 2.01. The van der Waals surface area contributed by atoms with Gasteiger partial charge in [-0.15, -0.1) is 0 Å². The van der Waals surface area contributed by atoms with Crippen LogP contribution >= 0.6 is 0 Å². The zero-order chi connectivity index (χ0) is 12.1. The van der Waals surface area contributed by atoms with E-state index in [2.05, 4.69) is 22.8 Å². The summed E-state index contributed by atoms with van der Waals surface area (Å²) in [5.74, 6) is 0.839. The molecule has 1 heterocycles. The Labute approximate surface area is 103 Å². The van der Waals surface area contributed by atoms with Gasteiger partial charge in [0.1, 0.15) is 0 Å². The van der Waals surface area contributed by atoms with E-state index in [1.54, 1.807) is 0 Å². The second-order valence-corrected chi connectivity index (χ2v) is 4.73. The van der Waals surface area contributed by atoms with E-state index < -0.39 is 0 Å². The maximum absolute atomic E-state index is 11.8. The van der Waals surface area contributed by atoms with Gasteiger partial charge in [0.25, 0.3) is 0 Å². The monoisotopic (exact) mass is 232 g/mol. The molecule has 1 aliphatic heterocycles. The summed E-state index contributed by atoms with van der Waals surface area (Å²) < 4.78 is 0. The number of amides is 1. The molecular formula is C14H20N2O. The number of hydrogen-bond acceptors (Lipinski definition) is 2. The molecule has 1 aromatic carbocycles. The van der Waals surface area contributed by atoms with Gasteiger partial charge in [-0.2, -0.15) is 0 Å². The average Bonchev–Trinajstić information content (AvgIpc) is 2.28. The number of nitrogens with one attached hydrogen (secondary N) is 2. The van der Waals surface area contributed by atoms with Gasteiger partial charge in [0.2, 0.25) is 5.91 Å². The molecule has 2 rings (SSSR count).